The Morgan fingerprint density at radius 3 is 3.14 bits per heavy atom. The van der Waals surface area contributed by atoms with Gasteiger partial charge in [0.1, 0.15) is 0 Å². The van der Waals surface area contributed by atoms with Crippen LogP contribution in [-0.4, -0.2) is 47.3 Å². The first-order valence-corrected chi connectivity index (χ1v) is 8.13. The molecule has 1 aromatic rings. The van der Waals surface area contributed by atoms with E-state index in [4.69, 9.17) is 0 Å². The summed E-state index contributed by atoms with van der Waals surface area (Å²) in [6, 6.07) is 5.46. The highest BCUT2D eigenvalue weighted by molar-refractivity contribution is 8.00. The van der Waals surface area contributed by atoms with E-state index in [2.05, 4.69) is 5.32 Å². The number of anilines is 1. The Kier molecular flexibility index (Phi) is 4.17. The molecule has 0 aromatic heterocycles. The van der Waals surface area contributed by atoms with E-state index in [-0.39, 0.29) is 24.3 Å². The second-order valence-corrected chi connectivity index (χ2v) is 6.51. The Balaban J connectivity index is 1.78. The number of thioether (sulfide) groups is 1. The second kappa shape index (κ2) is 6.07. The van der Waals surface area contributed by atoms with Crippen LogP contribution in [-0.2, 0) is 4.79 Å². The van der Waals surface area contributed by atoms with Crippen molar-refractivity contribution >= 4 is 29.3 Å². The van der Waals surface area contributed by atoms with Crippen molar-refractivity contribution in [2.24, 2.45) is 5.92 Å². The lowest BCUT2D eigenvalue weighted by molar-refractivity contribution is -0.113. The molecular weight excluding hydrogens is 288 g/mol. The van der Waals surface area contributed by atoms with E-state index in [0.717, 1.165) is 30.0 Å². The third-order valence-electron chi connectivity index (χ3n) is 3.92. The van der Waals surface area contributed by atoms with Gasteiger partial charge >= 0.3 is 0 Å². The van der Waals surface area contributed by atoms with Gasteiger partial charge in [0.25, 0.3) is 5.91 Å². The van der Waals surface area contributed by atoms with Gasteiger partial charge in [-0.05, 0) is 37.0 Å². The lowest BCUT2D eigenvalue weighted by atomic mass is 9.98. The van der Waals surface area contributed by atoms with Crippen molar-refractivity contribution in [3.8, 4) is 0 Å². The fourth-order valence-electron chi connectivity index (χ4n) is 2.80. The smallest absolute Gasteiger partial charge is 0.253 e. The minimum absolute atomic E-state index is 0.0271. The molecule has 21 heavy (non-hydrogen) atoms. The van der Waals surface area contributed by atoms with Crippen molar-refractivity contribution < 1.29 is 14.7 Å². The highest BCUT2D eigenvalue weighted by atomic mass is 32.2. The number of piperidine rings is 1. The number of benzene rings is 1. The minimum Gasteiger partial charge on any atom is -0.396 e. The van der Waals surface area contributed by atoms with Gasteiger partial charge < -0.3 is 15.3 Å². The molecule has 1 unspecified atom stereocenters. The highest BCUT2D eigenvalue weighted by Gasteiger charge is 2.25. The molecule has 2 aliphatic rings. The Labute approximate surface area is 127 Å². The maximum Gasteiger partial charge on any atom is 0.253 e. The van der Waals surface area contributed by atoms with Crippen molar-refractivity contribution in [2.75, 3.05) is 30.8 Å². The van der Waals surface area contributed by atoms with Crippen LogP contribution in [0, 0.1) is 5.92 Å². The maximum atomic E-state index is 12.6. The number of nitrogens with zero attached hydrogens (tertiary/aromatic N) is 1. The summed E-state index contributed by atoms with van der Waals surface area (Å²) in [5.41, 5.74) is 1.31. The molecule has 0 spiro atoms. The molecule has 5 nitrogen and oxygen atoms in total. The van der Waals surface area contributed by atoms with Crippen LogP contribution in [0.4, 0.5) is 5.69 Å². The lowest BCUT2D eigenvalue weighted by Crippen LogP contribution is -2.41. The largest absolute Gasteiger partial charge is 0.396 e. The molecule has 1 fully saturated rings. The van der Waals surface area contributed by atoms with Crippen molar-refractivity contribution in [3.63, 3.8) is 0 Å². The average Bonchev–Trinajstić information content (AvgIpc) is 2.53. The third kappa shape index (κ3) is 3.06. The SMILES string of the molecule is O=C1CSc2ccc(C(=O)N3CCCC(CO)C3)cc2N1. The van der Waals surface area contributed by atoms with E-state index in [1.165, 1.54) is 11.8 Å². The molecule has 0 radical (unpaired) electrons. The monoisotopic (exact) mass is 306 g/mol. The van der Waals surface area contributed by atoms with E-state index >= 15 is 0 Å². The first-order valence-electron chi connectivity index (χ1n) is 7.14. The van der Waals surface area contributed by atoms with Crippen LogP contribution >= 0.6 is 11.8 Å². The van der Waals surface area contributed by atoms with Crippen LogP contribution in [0.1, 0.15) is 23.2 Å². The van der Waals surface area contributed by atoms with Crippen LogP contribution in [0.15, 0.2) is 23.1 Å². The Morgan fingerprint density at radius 2 is 2.33 bits per heavy atom. The fourth-order valence-corrected chi connectivity index (χ4v) is 3.59. The number of nitrogens with one attached hydrogen (secondary N) is 1. The number of aliphatic hydroxyl groups excluding tert-OH is 1. The number of rotatable bonds is 2. The summed E-state index contributed by atoms with van der Waals surface area (Å²) in [6.07, 6.45) is 1.89. The number of hydrogen-bond acceptors (Lipinski definition) is 4. The Bertz CT molecular complexity index is 576. The molecule has 2 amide bonds. The number of hydrogen-bond donors (Lipinski definition) is 2. The number of amides is 2. The Hall–Kier alpha value is -1.53. The number of aliphatic hydroxyl groups is 1. The molecule has 1 aromatic carbocycles. The van der Waals surface area contributed by atoms with Crippen molar-refractivity contribution in [2.45, 2.75) is 17.7 Å². The van der Waals surface area contributed by atoms with Crippen LogP contribution < -0.4 is 5.32 Å². The fraction of sp³-hybridized carbons (Fsp3) is 0.467. The van der Waals surface area contributed by atoms with Gasteiger partial charge in [0.05, 0.1) is 11.4 Å². The molecule has 1 saturated heterocycles. The molecule has 3 rings (SSSR count). The standard InChI is InChI=1S/C15H18N2O3S/c18-8-10-2-1-5-17(7-10)15(20)11-3-4-13-12(6-11)16-14(19)9-21-13/h3-4,6,10,18H,1-2,5,7-9H2,(H,16,19). The summed E-state index contributed by atoms with van der Waals surface area (Å²) in [6.45, 7) is 1.46. The quantitative estimate of drug-likeness (QED) is 0.870. The van der Waals surface area contributed by atoms with Gasteiger partial charge in [0, 0.05) is 30.2 Å². The lowest BCUT2D eigenvalue weighted by Gasteiger charge is -2.32. The van der Waals surface area contributed by atoms with Gasteiger partial charge in [-0.3, -0.25) is 9.59 Å². The number of carbonyl (C=O) groups is 2. The van der Waals surface area contributed by atoms with E-state index in [0.29, 0.717) is 17.9 Å². The zero-order valence-electron chi connectivity index (χ0n) is 11.7. The molecule has 0 bridgehead atoms. The first-order chi connectivity index (χ1) is 10.2. The molecule has 2 N–H and O–H groups in total. The van der Waals surface area contributed by atoms with Gasteiger partial charge in [0.15, 0.2) is 0 Å². The van der Waals surface area contributed by atoms with E-state index < -0.39 is 0 Å². The highest BCUT2D eigenvalue weighted by Crippen LogP contribution is 2.32. The summed E-state index contributed by atoms with van der Waals surface area (Å²) >= 11 is 1.49. The predicted octanol–water partition coefficient (Wildman–Crippen LogP) is 1.58. The van der Waals surface area contributed by atoms with Crippen LogP contribution in [0.3, 0.4) is 0 Å². The van der Waals surface area contributed by atoms with Crippen LogP contribution in [0.25, 0.3) is 0 Å². The molecule has 0 aliphatic carbocycles. The molecule has 2 heterocycles. The molecule has 112 valence electrons. The van der Waals surface area contributed by atoms with E-state index in [1.807, 2.05) is 12.1 Å². The molecule has 1 atom stereocenters. The maximum absolute atomic E-state index is 12.6. The first kappa shape index (κ1) is 14.4. The second-order valence-electron chi connectivity index (χ2n) is 5.49. The number of likely N-dealkylation sites (tertiary alicyclic amines) is 1. The normalized spacial score (nSPS) is 21.7. The predicted molar refractivity (Wildman–Crippen MR) is 81.5 cm³/mol. The van der Waals surface area contributed by atoms with Crippen LogP contribution in [0.2, 0.25) is 0 Å². The van der Waals surface area contributed by atoms with Crippen molar-refractivity contribution in [1.82, 2.24) is 4.90 Å². The molecular formula is C15H18N2O3S. The molecule has 6 heteroatoms. The average molecular weight is 306 g/mol. The van der Waals surface area contributed by atoms with Gasteiger partial charge in [0.2, 0.25) is 5.91 Å². The number of carbonyl (C=O) groups excluding carboxylic acids is 2. The molecule has 2 aliphatic heterocycles. The van der Waals surface area contributed by atoms with E-state index in [1.54, 1.807) is 11.0 Å². The van der Waals surface area contributed by atoms with Crippen molar-refractivity contribution in [3.05, 3.63) is 23.8 Å². The van der Waals surface area contributed by atoms with Crippen molar-refractivity contribution in [1.29, 1.82) is 0 Å². The van der Waals surface area contributed by atoms with E-state index in [9.17, 15) is 14.7 Å². The summed E-state index contributed by atoms with van der Waals surface area (Å²) < 4.78 is 0. The number of fused-ring (bicyclic) bond motifs is 1. The molecule has 0 saturated carbocycles. The van der Waals surface area contributed by atoms with Gasteiger partial charge in [-0.1, -0.05) is 0 Å². The van der Waals surface area contributed by atoms with Gasteiger partial charge in [-0.25, -0.2) is 0 Å². The summed E-state index contributed by atoms with van der Waals surface area (Å²) in [5, 5.41) is 12.1. The van der Waals surface area contributed by atoms with Gasteiger partial charge in [-0.2, -0.15) is 0 Å². The minimum atomic E-state index is -0.0320. The third-order valence-corrected chi connectivity index (χ3v) is 5.00. The summed E-state index contributed by atoms with van der Waals surface area (Å²) in [5.74, 6) is 0.539. The Morgan fingerprint density at radius 1 is 1.48 bits per heavy atom. The van der Waals surface area contributed by atoms with Crippen LogP contribution in [0.5, 0.6) is 0 Å². The summed E-state index contributed by atoms with van der Waals surface area (Å²) in [7, 11) is 0. The zero-order chi connectivity index (χ0) is 14.8. The topological polar surface area (TPSA) is 69.6 Å². The summed E-state index contributed by atoms with van der Waals surface area (Å²) in [4.78, 5) is 26.8. The zero-order valence-corrected chi connectivity index (χ0v) is 12.5. The van der Waals surface area contributed by atoms with Gasteiger partial charge in [-0.15, -0.1) is 11.8 Å².